The molecule has 33 heavy (non-hydrogen) atoms. The Morgan fingerprint density at radius 3 is 2.42 bits per heavy atom. The van der Waals surface area contributed by atoms with Gasteiger partial charge in [-0.05, 0) is 67.3 Å². The minimum Gasteiger partial charge on any atom is -1.00 e. The van der Waals surface area contributed by atoms with Gasteiger partial charge >= 0.3 is 0 Å². The third-order valence-electron chi connectivity index (χ3n) is 6.75. The molecular weight excluding hydrogens is 537 g/mol. The van der Waals surface area contributed by atoms with Gasteiger partial charge in [0, 0.05) is 25.2 Å². The van der Waals surface area contributed by atoms with Crippen molar-refractivity contribution in [1.82, 2.24) is 0 Å². The molecule has 168 valence electrons. The van der Waals surface area contributed by atoms with Gasteiger partial charge in [-0.3, -0.25) is 0 Å². The van der Waals surface area contributed by atoms with Gasteiger partial charge in [-0.25, -0.2) is 0 Å². The molecule has 0 radical (unpaired) electrons. The van der Waals surface area contributed by atoms with Crippen molar-refractivity contribution in [3.05, 3.63) is 83.1 Å². The highest BCUT2D eigenvalue weighted by atomic mass is 127. The molecule has 0 spiro atoms. The maximum absolute atomic E-state index is 2.55. The monoisotopic (exact) mass is 565 g/mol. The van der Waals surface area contributed by atoms with Crippen LogP contribution in [-0.2, 0) is 6.54 Å². The molecule has 2 aliphatic heterocycles. The van der Waals surface area contributed by atoms with E-state index in [9.17, 15) is 0 Å². The molecule has 2 aliphatic rings. The van der Waals surface area contributed by atoms with Crippen LogP contribution < -0.4 is 38.3 Å². The number of hydrogen-bond donors (Lipinski definition) is 0. The SMILES string of the molecule is CCN1C2=C(C=Cc3sc4ccccc4[n+]3CC)CCCN2c2cc3ccccc3cc21.[I-]. The fraction of sp³-hybridized carbons (Fsp3) is 0.250. The average molecular weight is 566 g/mol. The van der Waals surface area contributed by atoms with Crippen LogP contribution in [0.15, 0.2) is 78.1 Å². The number of anilines is 2. The van der Waals surface area contributed by atoms with Crippen molar-refractivity contribution < 1.29 is 28.5 Å². The normalized spacial score (nSPS) is 15.5. The van der Waals surface area contributed by atoms with Crippen molar-refractivity contribution in [3.8, 4) is 0 Å². The van der Waals surface area contributed by atoms with Crippen LogP contribution in [0.1, 0.15) is 31.7 Å². The van der Waals surface area contributed by atoms with Gasteiger partial charge in [0.2, 0.25) is 5.52 Å². The Labute approximate surface area is 216 Å². The van der Waals surface area contributed by atoms with E-state index in [1.54, 1.807) is 0 Å². The molecule has 0 fully saturated rings. The molecule has 5 heteroatoms. The molecule has 4 aromatic rings. The third-order valence-corrected chi connectivity index (χ3v) is 7.88. The maximum Gasteiger partial charge on any atom is 0.262 e. The summed E-state index contributed by atoms with van der Waals surface area (Å²) in [5.74, 6) is 1.38. The Morgan fingerprint density at radius 2 is 1.67 bits per heavy atom. The molecule has 0 saturated heterocycles. The van der Waals surface area contributed by atoms with Crippen molar-refractivity contribution in [2.75, 3.05) is 22.9 Å². The summed E-state index contributed by atoms with van der Waals surface area (Å²) >= 11 is 1.88. The lowest BCUT2D eigenvalue weighted by atomic mass is 10.0. The molecule has 3 aromatic carbocycles. The first-order chi connectivity index (χ1) is 15.8. The second-order valence-electron chi connectivity index (χ2n) is 8.52. The molecular formula is C28H28IN3S. The number of nitrogens with zero attached hydrogens (tertiary/aromatic N) is 3. The second-order valence-corrected chi connectivity index (χ2v) is 9.58. The molecule has 0 amide bonds. The van der Waals surface area contributed by atoms with Crippen molar-refractivity contribution in [1.29, 1.82) is 0 Å². The average Bonchev–Trinajstić information content (AvgIpc) is 3.36. The van der Waals surface area contributed by atoms with Gasteiger partial charge in [-0.2, -0.15) is 4.57 Å². The zero-order valence-corrected chi connectivity index (χ0v) is 22.1. The lowest BCUT2D eigenvalue weighted by Gasteiger charge is -2.31. The van der Waals surface area contributed by atoms with E-state index in [4.69, 9.17) is 0 Å². The summed E-state index contributed by atoms with van der Waals surface area (Å²) in [4.78, 5) is 5.06. The Bertz CT molecular complexity index is 1370. The number of aryl methyl sites for hydroxylation is 1. The standard InChI is InChI=1S/C28H28N3S.HI/c1-3-29-23-13-7-8-14-26(23)32-27(29)16-15-20-12-9-17-31-25-19-22-11-6-5-10-21(22)18-24(25)30(4-2)28(20)31;/h5-8,10-11,13-16,18-19H,3-4,9,12,17H2,1-2H3;1H/q+1;/p-1. The molecule has 0 saturated carbocycles. The van der Waals surface area contributed by atoms with Crippen molar-refractivity contribution >= 4 is 49.8 Å². The molecule has 0 N–H and O–H groups in total. The highest BCUT2D eigenvalue weighted by molar-refractivity contribution is 7.18. The first-order valence-electron chi connectivity index (χ1n) is 11.7. The van der Waals surface area contributed by atoms with Crippen LogP contribution in [0.25, 0.3) is 27.1 Å². The van der Waals surface area contributed by atoms with Crippen molar-refractivity contribution in [2.24, 2.45) is 0 Å². The fourth-order valence-corrected chi connectivity index (χ4v) is 6.42. The maximum atomic E-state index is 2.55. The Morgan fingerprint density at radius 1 is 0.939 bits per heavy atom. The quantitative estimate of drug-likeness (QED) is 0.276. The van der Waals surface area contributed by atoms with E-state index in [0.717, 1.165) is 26.1 Å². The summed E-state index contributed by atoms with van der Waals surface area (Å²) < 4.78 is 3.78. The predicted molar refractivity (Wildman–Crippen MR) is 137 cm³/mol. The molecule has 3 heterocycles. The van der Waals surface area contributed by atoms with E-state index < -0.39 is 0 Å². The van der Waals surface area contributed by atoms with E-state index in [2.05, 4.69) is 101 Å². The van der Waals surface area contributed by atoms with Crippen LogP contribution in [0.4, 0.5) is 11.4 Å². The van der Waals surface area contributed by atoms with E-state index in [0.29, 0.717) is 0 Å². The van der Waals surface area contributed by atoms with Crippen molar-refractivity contribution in [2.45, 2.75) is 33.2 Å². The number of rotatable bonds is 4. The molecule has 3 nitrogen and oxygen atoms in total. The summed E-state index contributed by atoms with van der Waals surface area (Å²) in [5, 5.41) is 3.96. The van der Waals surface area contributed by atoms with Gasteiger partial charge in [0.05, 0.1) is 11.4 Å². The zero-order valence-electron chi connectivity index (χ0n) is 19.1. The lowest BCUT2D eigenvalue weighted by Crippen LogP contribution is -3.00. The summed E-state index contributed by atoms with van der Waals surface area (Å²) in [6, 6.07) is 22.2. The molecule has 0 bridgehead atoms. The van der Waals surface area contributed by atoms with Gasteiger partial charge in [0.15, 0.2) is 0 Å². The lowest BCUT2D eigenvalue weighted by molar-refractivity contribution is -0.665. The first kappa shape index (κ1) is 22.4. The highest BCUT2D eigenvalue weighted by Crippen LogP contribution is 2.47. The molecule has 0 unspecified atom stereocenters. The Balaban J connectivity index is 0.00000228. The van der Waals surface area contributed by atoms with Crippen molar-refractivity contribution in [3.63, 3.8) is 0 Å². The highest BCUT2D eigenvalue weighted by Gasteiger charge is 2.34. The van der Waals surface area contributed by atoms with Crippen LogP contribution in [0.3, 0.4) is 0 Å². The molecule has 0 atom stereocenters. The number of halogens is 1. The summed E-state index contributed by atoms with van der Waals surface area (Å²) in [6.45, 7) is 7.56. The summed E-state index contributed by atoms with van der Waals surface area (Å²) in [7, 11) is 0. The van der Waals surface area contributed by atoms with E-state index in [1.807, 2.05) is 11.3 Å². The minimum atomic E-state index is 0. The smallest absolute Gasteiger partial charge is 0.262 e. The van der Waals surface area contributed by atoms with Crippen LogP contribution in [-0.4, -0.2) is 13.1 Å². The first-order valence-corrected chi connectivity index (χ1v) is 12.5. The Kier molecular flexibility index (Phi) is 6.18. The van der Waals surface area contributed by atoms with Gasteiger partial charge in [-0.1, -0.05) is 47.7 Å². The van der Waals surface area contributed by atoms with Crippen LogP contribution in [0.2, 0.25) is 0 Å². The second kappa shape index (κ2) is 9.11. The number of benzene rings is 3. The minimum absolute atomic E-state index is 0. The number of aromatic nitrogens is 1. The van der Waals surface area contributed by atoms with E-state index in [-0.39, 0.29) is 24.0 Å². The number of thiazole rings is 1. The largest absolute Gasteiger partial charge is 1.00 e. The van der Waals surface area contributed by atoms with Gasteiger partial charge in [0.1, 0.15) is 17.1 Å². The number of hydrogen-bond acceptors (Lipinski definition) is 3. The van der Waals surface area contributed by atoms with Gasteiger partial charge in [-0.15, -0.1) is 0 Å². The summed E-state index contributed by atoms with van der Waals surface area (Å²) in [5.41, 5.74) is 5.48. The Hall–Kier alpha value is -2.38. The predicted octanol–water partition coefficient (Wildman–Crippen LogP) is 3.73. The topological polar surface area (TPSA) is 10.4 Å². The molecule has 1 aromatic heterocycles. The molecule has 0 aliphatic carbocycles. The number of fused-ring (bicyclic) bond motifs is 5. The molecule has 6 rings (SSSR count). The van der Waals surface area contributed by atoms with Gasteiger partial charge in [0.25, 0.3) is 5.01 Å². The number of para-hydroxylation sites is 1. The third kappa shape index (κ3) is 3.66. The van der Waals surface area contributed by atoms with Crippen LogP contribution >= 0.6 is 11.3 Å². The van der Waals surface area contributed by atoms with E-state index in [1.165, 1.54) is 55.2 Å². The van der Waals surface area contributed by atoms with Crippen LogP contribution in [0.5, 0.6) is 0 Å². The zero-order chi connectivity index (χ0) is 21.7. The van der Waals surface area contributed by atoms with E-state index >= 15 is 0 Å². The van der Waals surface area contributed by atoms with Gasteiger partial charge < -0.3 is 33.8 Å². The summed E-state index contributed by atoms with van der Waals surface area (Å²) in [6.07, 6.45) is 7.04. The number of allylic oxidation sites excluding steroid dienone is 2. The fourth-order valence-electron chi connectivity index (χ4n) is 5.29. The van der Waals surface area contributed by atoms with Crippen LogP contribution in [0, 0.1) is 0 Å².